The van der Waals surface area contributed by atoms with Crippen molar-refractivity contribution < 1.29 is 24.1 Å². The maximum atomic E-state index is 12.8. The fourth-order valence-corrected chi connectivity index (χ4v) is 7.32. The van der Waals surface area contributed by atoms with E-state index in [1.807, 2.05) is 0 Å². The van der Waals surface area contributed by atoms with Crippen LogP contribution in [0.1, 0.15) is 32.1 Å². The van der Waals surface area contributed by atoms with Gasteiger partial charge < -0.3 is 40.2 Å². The van der Waals surface area contributed by atoms with Crippen LogP contribution in [0.15, 0.2) is 0 Å². The Kier molecular flexibility index (Phi) is 10.3. The number of nitrogens with zero attached hydrogens (tertiary/aromatic N) is 1. The van der Waals surface area contributed by atoms with Crippen LogP contribution in [-0.2, 0) is 19.0 Å². The lowest BCUT2D eigenvalue weighted by molar-refractivity contribution is -0.126. The Balaban J connectivity index is 0.989. The van der Waals surface area contributed by atoms with Gasteiger partial charge in [0, 0.05) is 58.0 Å². The Hall–Kier alpha value is -0.560. The van der Waals surface area contributed by atoms with Gasteiger partial charge in [0.05, 0.1) is 49.6 Å². The summed E-state index contributed by atoms with van der Waals surface area (Å²) in [6.45, 7) is 7.92. The Labute approximate surface area is 225 Å². The van der Waals surface area contributed by atoms with Crippen molar-refractivity contribution >= 4 is 17.5 Å². The zero-order valence-corrected chi connectivity index (χ0v) is 22.7. The molecule has 5 fully saturated rings. The predicted octanol–water partition coefficient (Wildman–Crippen LogP) is -0.509. The summed E-state index contributed by atoms with van der Waals surface area (Å²) >= 11 is 6.90. The molecule has 1 saturated carbocycles. The first-order chi connectivity index (χ1) is 18.0. The number of carbonyl (C=O) groups excluding carboxylic acids is 1. The molecule has 0 bridgehead atoms. The molecule has 1 amide bonds. The summed E-state index contributed by atoms with van der Waals surface area (Å²) in [5, 5.41) is 23.9. The molecular formula is C26H46ClN5O5. The van der Waals surface area contributed by atoms with Crippen LogP contribution in [0, 0.1) is 17.8 Å². The van der Waals surface area contributed by atoms with E-state index < -0.39 is 6.10 Å². The average molecular weight is 544 g/mol. The van der Waals surface area contributed by atoms with Crippen molar-refractivity contribution in [2.45, 2.75) is 67.9 Å². The Morgan fingerprint density at radius 3 is 2.89 bits per heavy atom. The van der Waals surface area contributed by atoms with Crippen molar-refractivity contribution in [2.75, 3.05) is 72.4 Å². The van der Waals surface area contributed by atoms with Crippen LogP contribution in [-0.4, -0.2) is 124 Å². The smallest absolute Gasteiger partial charge is 0.224 e. The fraction of sp³-hybridized carbons (Fsp3) is 0.962. The lowest BCUT2D eigenvalue weighted by Crippen LogP contribution is -2.54. The topological polar surface area (TPSA) is 116 Å². The minimum Gasteiger partial charge on any atom is -0.390 e. The number of rotatable bonds is 10. The third-order valence-electron chi connectivity index (χ3n) is 8.86. The van der Waals surface area contributed by atoms with Gasteiger partial charge in [-0.2, -0.15) is 0 Å². The van der Waals surface area contributed by atoms with E-state index in [4.69, 9.17) is 25.8 Å². The van der Waals surface area contributed by atoms with Crippen LogP contribution >= 0.6 is 11.6 Å². The normalized spacial score (nSPS) is 39.8. The highest BCUT2D eigenvalue weighted by atomic mass is 35.5. The molecule has 0 aromatic rings. The number of nitrogens with one attached hydrogen (secondary N) is 4. The third kappa shape index (κ3) is 7.77. The zero-order valence-electron chi connectivity index (χ0n) is 21.9. The van der Waals surface area contributed by atoms with E-state index in [1.165, 1.54) is 0 Å². The molecule has 5 rings (SSSR count). The van der Waals surface area contributed by atoms with Crippen LogP contribution in [0.25, 0.3) is 0 Å². The summed E-state index contributed by atoms with van der Waals surface area (Å²) in [6, 6.07) is 0.669. The summed E-state index contributed by atoms with van der Waals surface area (Å²) in [6.07, 6.45) is 4.59. The monoisotopic (exact) mass is 543 g/mol. The van der Waals surface area contributed by atoms with E-state index in [2.05, 4.69) is 26.2 Å². The van der Waals surface area contributed by atoms with E-state index in [-0.39, 0.29) is 35.5 Å². The highest BCUT2D eigenvalue weighted by Gasteiger charge is 2.42. The molecule has 1 aliphatic carbocycles. The molecule has 0 radical (unpaired) electrons. The van der Waals surface area contributed by atoms with Gasteiger partial charge in [-0.1, -0.05) is 0 Å². The zero-order chi connectivity index (χ0) is 25.6. The van der Waals surface area contributed by atoms with E-state index in [1.54, 1.807) is 0 Å². The highest BCUT2D eigenvalue weighted by Crippen LogP contribution is 2.40. The number of amides is 1. The van der Waals surface area contributed by atoms with Crippen LogP contribution < -0.4 is 21.3 Å². The van der Waals surface area contributed by atoms with Gasteiger partial charge in [-0.15, -0.1) is 11.6 Å². The van der Waals surface area contributed by atoms with Gasteiger partial charge >= 0.3 is 0 Å². The first-order valence-electron chi connectivity index (χ1n) is 14.4. The molecule has 0 spiro atoms. The molecule has 10 nitrogen and oxygen atoms in total. The number of ether oxygens (including phenoxy) is 3. The maximum Gasteiger partial charge on any atom is 0.224 e. The summed E-state index contributed by atoms with van der Waals surface area (Å²) < 4.78 is 17.2. The first-order valence-corrected chi connectivity index (χ1v) is 14.8. The molecule has 4 aliphatic heterocycles. The van der Waals surface area contributed by atoms with E-state index in [0.29, 0.717) is 50.8 Å². The molecule has 9 atom stereocenters. The first kappa shape index (κ1) is 28.0. The Bertz CT molecular complexity index is 725. The Morgan fingerprint density at radius 1 is 1.16 bits per heavy atom. The van der Waals surface area contributed by atoms with Crippen LogP contribution in [0.5, 0.6) is 0 Å². The molecule has 8 unspecified atom stereocenters. The number of aliphatic hydroxyl groups excluding tert-OH is 1. The van der Waals surface area contributed by atoms with Gasteiger partial charge in [0.1, 0.15) is 0 Å². The largest absolute Gasteiger partial charge is 0.390 e. The van der Waals surface area contributed by atoms with Crippen molar-refractivity contribution in [1.29, 1.82) is 0 Å². The molecule has 4 heterocycles. The van der Waals surface area contributed by atoms with Crippen LogP contribution in [0.4, 0.5) is 0 Å². The number of β-amino-alcohol motifs (C(OH)–C–C–N with tert-alkyl or cyclic N) is 1. The van der Waals surface area contributed by atoms with Crippen molar-refractivity contribution in [1.82, 2.24) is 26.2 Å². The van der Waals surface area contributed by atoms with Gasteiger partial charge in [-0.3, -0.25) is 10.1 Å². The fourth-order valence-electron chi connectivity index (χ4n) is 6.79. The number of piperidine rings is 2. The van der Waals surface area contributed by atoms with Gasteiger partial charge in [0.25, 0.3) is 0 Å². The molecule has 37 heavy (non-hydrogen) atoms. The number of hydrogen-bond donors (Lipinski definition) is 5. The number of fused-ring (bicyclic) bond motifs is 1. The molecule has 212 valence electrons. The second-order valence-electron chi connectivity index (χ2n) is 11.7. The van der Waals surface area contributed by atoms with E-state index in [0.717, 1.165) is 71.5 Å². The minimum absolute atomic E-state index is 0.0292. The molecular weight excluding hydrogens is 498 g/mol. The summed E-state index contributed by atoms with van der Waals surface area (Å²) in [4.78, 5) is 15.1. The summed E-state index contributed by atoms with van der Waals surface area (Å²) in [5.41, 5.74) is 0. The number of likely N-dealkylation sites (tertiary alicyclic amines) is 1. The standard InChI is InChI=1S/C26H46ClN5O5/c27-25-23-3-5-32(12-17(23)1-2-24(25)36-15-22-11-29-16-37-22)13-21(33)10-30-26(34)18-7-20(9-28-8-18)31-19-4-6-35-14-19/h17-25,28-29,31,33H,1-16H2,(H,30,34)/t17?,18?,19?,20?,21-,22?,23?,24?,25?/m0/s1. The predicted molar refractivity (Wildman–Crippen MR) is 141 cm³/mol. The van der Waals surface area contributed by atoms with E-state index in [9.17, 15) is 9.90 Å². The number of alkyl halides is 1. The van der Waals surface area contributed by atoms with Gasteiger partial charge in [-0.25, -0.2) is 0 Å². The van der Waals surface area contributed by atoms with Crippen molar-refractivity contribution in [2.24, 2.45) is 17.8 Å². The summed E-state index contributed by atoms with van der Waals surface area (Å²) in [7, 11) is 0. The van der Waals surface area contributed by atoms with Crippen molar-refractivity contribution in [3.8, 4) is 0 Å². The lowest BCUT2D eigenvalue weighted by Gasteiger charge is -2.46. The van der Waals surface area contributed by atoms with Gasteiger partial charge in [0.15, 0.2) is 0 Å². The Morgan fingerprint density at radius 2 is 2.08 bits per heavy atom. The van der Waals surface area contributed by atoms with Gasteiger partial charge in [0.2, 0.25) is 5.91 Å². The average Bonchev–Trinajstić information content (AvgIpc) is 3.62. The number of halogens is 1. The third-order valence-corrected chi connectivity index (χ3v) is 9.46. The van der Waals surface area contributed by atoms with Crippen molar-refractivity contribution in [3.63, 3.8) is 0 Å². The summed E-state index contributed by atoms with van der Waals surface area (Å²) in [5.74, 6) is 0.935. The molecule has 5 aliphatic rings. The van der Waals surface area contributed by atoms with Crippen LogP contribution in [0.3, 0.4) is 0 Å². The highest BCUT2D eigenvalue weighted by molar-refractivity contribution is 6.21. The minimum atomic E-state index is -0.576. The number of carbonyl (C=O) groups is 1. The molecule has 11 heteroatoms. The van der Waals surface area contributed by atoms with Crippen LogP contribution in [0.2, 0.25) is 0 Å². The second kappa shape index (κ2) is 13.7. The lowest BCUT2D eigenvalue weighted by atomic mass is 9.73. The molecule has 5 N–H and O–H groups in total. The second-order valence-corrected chi connectivity index (χ2v) is 12.2. The molecule has 0 aromatic heterocycles. The quantitative estimate of drug-likeness (QED) is 0.232. The van der Waals surface area contributed by atoms with Crippen molar-refractivity contribution in [3.05, 3.63) is 0 Å². The maximum absolute atomic E-state index is 12.8. The number of hydrogen-bond acceptors (Lipinski definition) is 9. The van der Waals surface area contributed by atoms with E-state index >= 15 is 0 Å². The molecule has 4 saturated heterocycles. The SMILES string of the molecule is O=C(NC[C@H](O)CN1CCC2C(CCC(OCC3CNCO3)C2Cl)C1)C1CNCC(NC2CCOC2)C1. The molecule has 0 aromatic carbocycles. The number of aliphatic hydroxyl groups is 1. The van der Waals surface area contributed by atoms with Gasteiger partial charge in [-0.05, 0) is 50.5 Å².